The highest BCUT2D eigenvalue weighted by atomic mass is 19.1. The van der Waals surface area contributed by atoms with Crippen molar-refractivity contribution in [3.8, 4) is 0 Å². The number of pyridine rings is 2. The summed E-state index contributed by atoms with van der Waals surface area (Å²) in [5.41, 5.74) is 0.158. The van der Waals surface area contributed by atoms with Crippen LogP contribution in [0.25, 0.3) is 6.08 Å². The average molecular weight is 857 g/mol. The van der Waals surface area contributed by atoms with Crippen LogP contribution in [0.4, 0.5) is 18.4 Å². The molecule has 0 radical (unpaired) electrons. The molecular weight excluding hydrogens is 807 g/mol. The smallest absolute Gasteiger partial charge is 0.411 e. The quantitative estimate of drug-likeness (QED) is 0.0458. The summed E-state index contributed by atoms with van der Waals surface area (Å²) in [7, 11) is 0. The number of esters is 2. The predicted molar refractivity (Wildman–Crippen MR) is 223 cm³/mol. The number of aliphatic hydroxyl groups is 1. The molecule has 1 aliphatic rings. The van der Waals surface area contributed by atoms with E-state index in [9.17, 15) is 37.9 Å². The molecule has 0 bridgehead atoms. The number of amides is 2. The number of nitrogens with zero attached hydrogens (tertiary/aromatic N) is 3. The van der Waals surface area contributed by atoms with Crippen molar-refractivity contribution in [2.45, 2.75) is 84.8 Å². The standard InChI is InChI=1S/2C23H25FN2O5/c1-23(2,3)31-22(29)26-12-11-18(27)19(20(26)17-10-9-16(24)13-25-17)21(28)30-14-15-7-5-4-6-8-15;1-23(2,3)31-22(29)25-12-11-20(27)19(13-18-10-9-17(24)14-26-18)21(28)30-15-16-7-5-4-6-8-16/h4-10,13,20,27H,11-12,14H2,1-3H3;4-10,13-14H,11-12,15H2,1-3H3,(H,25,29)/b;19-13+. The van der Waals surface area contributed by atoms with Crippen molar-refractivity contribution < 1.29 is 56.8 Å². The van der Waals surface area contributed by atoms with Crippen LogP contribution < -0.4 is 5.32 Å². The predicted octanol–water partition coefficient (Wildman–Crippen LogP) is 8.29. The summed E-state index contributed by atoms with van der Waals surface area (Å²) in [6, 6.07) is 22.0. The first-order chi connectivity index (χ1) is 29.3. The number of Topliss-reactive ketones (excluding diaryl/α,β-unsaturated/α-hetero) is 1. The van der Waals surface area contributed by atoms with Gasteiger partial charge in [-0.25, -0.2) is 28.0 Å². The summed E-state index contributed by atoms with van der Waals surface area (Å²) in [5, 5.41) is 13.0. The second-order valence-corrected chi connectivity index (χ2v) is 15.8. The third kappa shape index (κ3) is 15.6. The lowest BCUT2D eigenvalue weighted by molar-refractivity contribution is -0.142. The molecule has 5 rings (SSSR count). The number of benzene rings is 2. The molecule has 328 valence electrons. The van der Waals surface area contributed by atoms with Crippen LogP contribution in [0.1, 0.15) is 82.9 Å². The number of halogens is 2. The molecule has 2 amide bonds. The van der Waals surface area contributed by atoms with Crippen molar-refractivity contribution in [3.63, 3.8) is 0 Å². The van der Waals surface area contributed by atoms with Gasteiger partial charge in [0.15, 0.2) is 5.78 Å². The summed E-state index contributed by atoms with van der Waals surface area (Å²) in [4.78, 5) is 72.0. The van der Waals surface area contributed by atoms with E-state index < -0.39 is 58.8 Å². The van der Waals surface area contributed by atoms with Gasteiger partial charge < -0.3 is 29.4 Å². The van der Waals surface area contributed by atoms with Crippen LogP contribution in [-0.4, -0.2) is 74.2 Å². The number of aromatic nitrogens is 2. The minimum absolute atomic E-state index is 0.00748. The summed E-state index contributed by atoms with van der Waals surface area (Å²) in [6.45, 7) is 10.4. The van der Waals surface area contributed by atoms with Gasteiger partial charge in [0.05, 0.1) is 23.8 Å². The molecule has 0 saturated carbocycles. The Bertz CT molecular complexity index is 2220. The molecule has 4 aromatic rings. The van der Waals surface area contributed by atoms with Crippen LogP contribution in [0.3, 0.4) is 0 Å². The maximum absolute atomic E-state index is 13.5. The number of carbonyl (C=O) groups is 5. The first-order valence-corrected chi connectivity index (χ1v) is 19.6. The van der Waals surface area contributed by atoms with Gasteiger partial charge in [-0.1, -0.05) is 60.7 Å². The van der Waals surface area contributed by atoms with Crippen molar-refractivity contribution in [2.75, 3.05) is 13.1 Å². The third-order valence-corrected chi connectivity index (χ3v) is 8.37. The van der Waals surface area contributed by atoms with Crippen LogP contribution in [0, 0.1) is 11.6 Å². The van der Waals surface area contributed by atoms with Crippen LogP contribution in [0.2, 0.25) is 0 Å². The Balaban J connectivity index is 0.000000273. The number of ketones is 1. The van der Waals surface area contributed by atoms with E-state index >= 15 is 0 Å². The zero-order chi connectivity index (χ0) is 45.5. The molecule has 1 aliphatic heterocycles. The Morgan fingerprint density at radius 3 is 1.87 bits per heavy atom. The van der Waals surface area contributed by atoms with Crippen LogP contribution in [-0.2, 0) is 46.5 Å². The third-order valence-electron chi connectivity index (χ3n) is 8.37. The fourth-order valence-corrected chi connectivity index (χ4v) is 5.61. The lowest BCUT2D eigenvalue weighted by atomic mass is 9.95. The Kier molecular flexibility index (Phi) is 17.0. The molecule has 0 fully saturated rings. The van der Waals surface area contributed by atoms with Crippen molar-refractivity contribution in [1.29, 1.82) is 0 Å². The van der Waals surface area contributed by atoms with E-state index in [1.54, 1.807) is 77.9 Å². The maximum Gasteiger partial charge on any atom is 0.411 e. The van der Waals surface area contributed by atoms with Gasteiger partial charge >= 0.3 is 24.1 Å². The molecule has 0 saturated heterocycles. The van der Waals surface area contributed by atoms with Crippen molar-refractivity contribution in [1.82, 2.24) is 20.2 Å². The van der Waals surface area contributed by atoms with Gasteiger partial charge in [0, 0.05) is 25.9 Å². The normalized spacial score (nSPS) is 14.2. The Morgan fingerprint density at radius 2 is 1.34 bits per heavy atom. The minimum atomic E-state index is -1.08. The first kappa shape index (κ1) is 47.7. The van der Waals surface area contributed by atoms with Crippen LogP contribution in [0.5, 0.6) is 0 Å². The van der Waals surface area contributed by atoms with Gasteiger partial charge in [-0.15, -0.1) is 0 Å². The lowest BCUT2D eigenvalue weighted by Crippen LogP contribution is -2.44. The van der Waals surface area contributed by atoms with Gasteiger partial charge in [0.25, 0.3) is 0 Å². The molecule has 1 atom stereocenters. The van der Waals surface area contributed by atoms with E-state index in [-0.39, 0.29) is 67.4 Å². The van der Waals surface area contributed by atoms with Gasteiger partial charge in [-0.2, -0.15) is 0 Å². The summed E-state index contributed by atoms with van der Waals surface area (Å²) in [6.07, 6.45) is 1.75. The van der Waals surface area contributed by atoms with E-state index in [4.69, 9.17) is 18.9 Å². The van der Waals surface area contributed by atoms with Crippen molar-refractivity contribution in [2.24, 2.45) is 0 Å². The molecule has 2 aromatic carbocycles. The fraction of sp³-hybridized carbons (Fsp3) is 0.326. The fourth-order valence-electron chi connectivity index (χ4n) is 5.61. The summed E-state index contributed by atoms with van der Waals surface area (Å²) < 4.78 is 47.8. The lowest BCUT2D eigenvalue weighted by Gasteiger charge is -2.37. The largest absolute Gasteiger partial charge is 0.512 e. The molecule has 0 aliphatic carbocycles. The number of hydrogen-bond donors (Lipinski definition) is 2. The minimum Gasteiger partial charge on any atom is -0.512 e. The Morgan fingerprint density at radius 1 is 0.774 bits per heavy atom. The van der Waals surface area contributed by atoms with Crippen LogP contribution >= 0.6 is 0 Å². The maximum atomic E-state index is 13.5. The van der Waals surface area contributed by atoms with E-state index in [1.165, 1.54) is 35.2 Å². The molecule has 0 spiro atoms. The second kappa shape index (κ2) is 22.0. The SMILES string of the molecule is CC(C)(C)OC(=O)N1CCC(O)=C(C(=O)OCc2ccccc2)C1c1ccc(F)cn1.CC(C)(C)OC(=O)NCCC(=O)/C(=C\c1ccc(F)cn1)C(=O)OCc1ccccc1. The molecule has 14 nitrogen and oxygen atoms in total. The first-order valence-electron chi connectivity index (χ1n) is 19.6. The molecule has 62 heavy (non-hydrogen) atoms. The summed E-state index contributed by atoms with van der Waals surface area (Å²) >= 11 is 0. The van der Waals surface area contributed by atoms with E-state index in [2.05, 4.69) is 15.3 Å². The topological polar surface area (TPSA) is 184 Å². The number of ether oxygens (including phenoxy) is 4. The highest BCUT2D eigenvalue weighted by Crippen LogP contribution is 2.36. The molecule has 3 heterocycles. The Hall–Kier alpha value is -6.97. The number of aliphatic hydroxyl groups excluding tert-OH is 1. The van der Waals surface area contributed by atoms with Crippen molar-refractivity contribution in [3.05, 3.63) is 148 Å². The van der Waals surface area contributed by atoms with E-state index in [1.807, 2.05) is 24.3 Å². The number of carbonyl (C=O) groups excluding carboxylic acids is 5. The van der Waals surface area contributed by atoms with Gasteiger partial charge in [0.2, 0.25) is 0 Å². The molecule has 16 heteroatoms. The van der Waals surface area contributed by atoms with Gasteiger partial charge in [-0.3, -0.25) is 19.7 Å². The average Bonchev–Trinajstić information content (AvgIpc) is 3.21. The highest BCUT2D eigenvalue weighted by Gasteiger charge is 2.41. The Labute approximate surface area is 358 Å². The van der Waals surface area contributed by atoms with Gasteiger partial charge in [0.1, 0.15) is 59.0 Å². The second-order valence-electron chi connectivity index (χ2n) is 15.8. The molecule has 2 aromatic heterocycles. The molecule has 1 unspecified atom stereocenters. The number of rotatable bonds is 12. The zero-order valence-electron chi connectivity index (χ0n) is 35.4. The number of hydrogen-bond acceptors (Lipinski definition) is 12. The highest BCUT2D eigenvalue weighted by molar-refractivity contribution is 6.20. The van der Waals surface area contributed by atoms with Crippen molar-refractivity contribution >= 4 is 36.0 Å². The molecule has 2 N–H and O–H groups in total. The summed E-state index contributed by atoms with van der Waals surface area (Å²) in [5.74, 6) is -3.49. The number of nitrogens with one attached hydrogen (secondary N) is 1. The van der Waals surface area contributed by atoms with Crippen LogP contribution in [0.15, 0.2) is 114 Å². The number of alkyl carbamates (subject to hydrolysis) is 1. The monoisotopic (exact) mass is 856 g/mol. The molecular formula is C46H50F2N4O10. The van der Waals surface area contributed by atoms with E-state index in [0.29, 0.717) is 0 Å². The van der Waals surface area contributed by atoms with Gasteiger partial charge in [-0.05, 0) is 83.0 Å². The van der Waals surface area contributed by atoms with E-state index in [0.717, 1.165) is 23.5 Å². The zero-order valence-corrected chi connectivity index (χ0v) is 35.4.